The summed E-state index contributed by atoms with van der Waals surface area (Å²) < 4.78 is 24.4. The van der Waals surface area contributed by atoms with Gasteiger partial charge in [-0.2, -0.15) is 0 Å². The molecule has 0 amide bonds. The zero-order valence-electron chi connectivity index (χ0n) is 22.2. The number of anilines is 2. The van der Waals surface area contributed by atoms with E-state index in [-0.39, 0.29) is 22.3 Å². The van der Waals surface area contributed by atoms with Crippen LogP contribution in [0.3, 0.4) is 0 Å². The van der Waals surface area contributed by atoms with Crippen LogP contribution in [0, 0.1) is 12.3 Å². The van der Waals surface area contributed by atoms with Crippen LogP contribution in [0.25, 0.3) is 5.65 Å². The van der Waals surface area contributed by atoms with E-state index in [1.165, 1.54) is 23.5 Å². The zero-order chi connectivity index (χ0) is 26.7. The van der Waals surface area contributed by atoms with Gasteiger partial charge in [0, 0.05) is 65.6 Å². The molecular formula is C25H27ClN8S. The minimum Gasteiger partial charge on any atom is -0.372 e. The van der Waals surface area contributed by atoms with E-state index in [4.69, 9.17) is 26.4 Å². The van der Waals surface area contributed by atoms with E-state index in [9.17, 15) is 0 Å². The molecule has 0 saturated carbocycles. The number of rotatable bonds is 4. The van der Waals surface area contributed by atoms with E-state index in [1.54, 1.807) is 12.3 Å². The lowest BCUT2D eigenvalue weighted by Crippen LogP contribution is -2.45. The number of aromatic nitrogens is 5. The first kappa shape index (κ1) is 19.3. The summed E-state index contributed by atoms with van der Waals surface area (Å²) in [7, 11) is 0. The van der Waals surface area contributed by atoms with Crippen molar-refractivity contribution in [2.24, 2.45) is 11.1 Å². The van der Waals surface area contributed by atoms with Crippen molar-refractivity contribution in [2.45, 2.75) is 42.0 Å². The van der Waals surface area contributed by atoms with Gasteiger partial charge in [0.05, 0.1) is 15.6 Å². The van der Waals surface area contributed by atoms with Crippen molar-refractivity contribution >= 4 is 40.8 Å². The molecule has 35 heavy (non-hydrogen) atoms. The van der Waals surface area contributed by atoms with Crippen LogP contribution in [-0.2, 0) is 6.42 Å². The number of nitrogens with two attached hydrogens (primary N) is 1. The van der Waals surface area contributed by atoms with E-state index >= 15 is 0 Å². The summed E-state index contributed by atoms with van der Waals surface area (Å²) >= 11 is 7.93. The predicted molar refractivity (Wildman–Crippen MR) is 139 cm³/mol. The van der Waals surface area contributed by atoms with Gasteiger partial charge in [-0.3, -0.25) is 9.38 Å². The maximum Gasteiger partial charge on any atom is 0.211 e. The van der Waals surface area contributed by atoms with E-state index in [2.05, 4.69) is 31.2 Å². The van der Waals surface area contributed by atoms with E-state index in [0.717, 1.165) is 60.2 Å². The van der Waals surface area contributed by atoms with Gasteiger partial charge in [0.1, 0.15) is 5.82 Å². The monoisotopic (exact) mass is 509 g/mol. The van der Waals surface area contributed by atoms with Crippen molar-refractivity contribution in [2.75, 3.05) is 30.3 Å². The summed E-state index contributed by atoms with van der Waals surface area (Å²) in [4.78, 5) is 22.1. The summed E-state index contributed by atoms with van der Waals surface area (Å²) in [5.74, 6) is 0.963. The fourth-order valence-corrected chi connectivity index (χ4v) is 6.63. The lowest BCUT2D eigenvalue weighted by atomic mass is 9.73. The van der Waals surface area contributed by atoms with Crippen LogP contribution in [0.15, 0.2) is 52.8 Å². The van der Waals surface area contributed by atoms with Crippen molar-refractivity contribution < 1.29 is 4.11 Å². The summed E-state index contributed by atoms with van der Waals surface area (Å²) in [5.41, 5.74) is 10.7. The average Bonchev–Trinajstić information content (AvgIpc) is 3.47. The minimum absolute atomic E-state index is 0.00453. The molecule has 1 aliphatic carbocycles. The molecule has 8 nitrogen and oxygen atoms in total. The highest BCUT2D eigenvalue weighted by atomic mass is 35.5. The first-order valence-electron chi connectivity index (χ1n) is 13.0. The van der Waals surface area contributed by atoms with Gasteiger partial charge in [0.25, 0.3) is 0 Å². The van der Waals surface area contributed by atoms with Crippen molar-refractivity contribution in [3.8, 4) is 0 Å². The summed E-state index contributed by atoms with van der Waals surface area (Å²) in [6.07, 6.45) is 9.92. The molecule has 4 aromatic heterocycles. The Morgan fingerprint density at radius 2 is 2.06 bits per heavy atom. The maximum atomic E-state index is 7.48. The zero-order valence-corrected chi connectivity index (χ0v) is 20.8. The number of pyridine rings is 2. The van der Waals surface area contributed by atoms with Gasteiger partial charge in [-0.05, 0) is 49.3 Å². The second-order valence-corrected chi connectivity index (χ2v) is 10.6. The molecule has 0 aromatic carbocycles. The smallest absolute Gasteiger partial charge is 0.211 e. The number of piperidine rings is 1. The topological polar surface area (TPSA) is 97.3 Å². The maximum absolute atomic E-state index is 7.48. The van der Waals surface area contributed by atoms with Crippen molar-refractivity contribution in [1.29, 1.82) is 0 Å². The molecule has 0 radical (unpaired) electrons. The van der Waals surface area contributed by atoms with Gasteiger partial charge in [-0.15, -0.1) is 0 Å². The normalized spacial score (nSPS) is 20.5. The molecule has 6 rings (SSSR count). The number of nitrogens with one attached hydrogen (secondary N) is 1. The summed E-state index contributed by atoms with van der Waals surface area (Å²) in [6.45, 7) is 1.24. The first-order chi connectivity index (χ1) is 18.2. The number of imidazole rings is 1. The predicted octanol–water partition coefficient (Wildman–Crippen LogP) is 4.52. The third-order valence-corrected chi connectivity index (χ3v) is 9.06. The molecule has 1 atom stereocenters. The van der Waals surface area contributed by atoms with E-state index < -0.39 is 6.98 Å². The second-order valence-electron chi connectivity index (χ2n) is 9.19. The molecule has 1 spiro atoms. The molecule has 0 unspecified atom stereocenters. The lowest BCUT2D eigenvalue weighted by molar-refractivity contribution is 0.186. The standard InChI is InChI=1S/C25H27ClN8S/c1-15-20(35-18-5-9-30-22(28-2)19(18)26)23-31-10-13-34(23)24(32-15)33-11-6-25(7-12-33)14-17-16(21(25)27)4-3-8-29-17/h3-5,8-10,13,21H,6-7,11-12,14,27H2,1-2H3,(H,28,30)/t21-/m1/s1/i2D3. The summed E-state index contributed by atoms with van der Waals surface area (Å²) in [6, 6.07) is 5.84. The Hall–Kier alpha value is -2.88. The van der Waals surface area contributed by atoms with Crippen molar-refractivity contribution in [3.63, 3.8) is 0 Å². The summed E-state index contributed by atoms with van der Waals surface area (Å²) in [5, 5.41) is 2.63. The molecule has 1 saturated heterocycles. The quantitative estimate of drug-likeness (QED) is 0.414. The highest BCUT2D eigenvalue weighted by Crippen LogP contribution is 2.50. The van der Waals surface area contributed by atoms with Crippen molar-refractivity contribution in [1.82, 2.24) is 24.3 Å². The van der Waals surface area contributed by atoms with Crippen LogP contribution in [-0.4, -0.2) is 44.4 Å². The third-order valence-electron chi connectivity index (χ3n) is 7.32. The number of aryl methyl sites for hydroxylation is 1. The van der Waals surface area contributed by atoms with Gasteiger partial charge in [-0.1, -0.05) is 29.4 Å². The SMILES string of the molecule is [2H]C([2H])([2H])Nc1nccc(Sc2c(C)nc(N3CCC4(CC3)Cc3ncccc3[C@H]4N)n3ccnc23)c1Cl. The number of hydrogen-bond acceptors (Lipinski definition) is 8. The molecular weight excluding hydrogens is 480 g/mol. The van der Waals surface area contributed by atoms with Crippen LogP contribution in [0.1, 0.15) is 39.9 Å². The van der Waals surface area contributed by atoms with Gasteiger partial charge in [0.15, 0.2) is 5.65 Å². The van der Waals surface area contributed by atoms with E-state index in [1.807, 2.05) is 29.8 Å². The molecule has 1 fully saturated rings. The van der Waals surface area contributed by atoms with Crippen LogP contribution in [0.5, 0.6) is 0 Å². The Balaban J connectivity index is 1.27. The Kier molecular flexibility index (Phi) is 4.78. The first-order valence-corrected chi connectivity index (χ1v) is 12.7. The molecule has 1 aliphatic heterocycles. The van der Waals surface area contributed by atoms with Gasteiger partial charge in [-0.25, -0.2) is 15.0 Å². The van der Waals surface area contributed by atoms with Crippen LogP contribution in [0.4, 0.5) is 11.8 Å². The number of fused-ring (bicyclic) bond motifs is 2. The van der Waals surface area contributed by atoms with Crippen LogP contribution in [0.2, 0.25) is 5.02 Å². The molecule has 2 aliphatic rings. The van der Waals surface area contributed by atoms with Gasteiger partial charge < -0.3 is 16.0 Å². The Labute approximate surface area is 217 Å². The fourth-order valence-electron chi connectivity index (χ4n) is 5.39. The van der Waals surface area contributed by atoms with Crippen molar-refractivity contribution in [3.05, 3.63) is 65.0 Å². The minimum atomic E-state index is -2.40. The van der Waals surface area contributed by atoms with E-state index in [0.29, 0.717) is 4.90 Å². The molecule has 0 bridgehead atoms. The lowest BCUT2D eigenvalue weighted by Gasteiger charge is -2.42. The Morgan fingerprint density at radius 3 is 2.86 bits per heavy atom. The molecule has 5 heterocycles. The number of nitrogens with zero attached hydrogens (tertiary/aromatic N) is 6. The third kappa shape index (κ3) is 3.64. The van der Waals surface area contributed by atoms with Crippen LogP contribution < -0.4 is 16.0 Å². The van der Waals surface area contributed by atoms with Crippen LogP contribution >= 0.6 is 23.4 Å². The number of halogens is 1. The Morgan fingerprint density at radius 1 is 1.20 bits per heavy atom. The molecule has 3 N–H and O–H groups in total. The molecule has 4 aromatic rings. The largest absolute Gasteiger partial charge is 0.372 e. The second kappa shape index (κ2) is 8.65. The average molecular weight is 510 g/mol. The molecule has 180 valence electrons. The molecule has 10 heteroatoms. The fraction of sp³-hybridized carbons (Fsp3) is 0.360. The highest BCUT2D eigenvalue weighted by Gasteiger charge is 2.46. The van der Waals surface area contributed by atoms with Gasteiger partial charge >= 0.3 is 0 Å². The van der Waals surface area contributed by atoms with Gasteiger partial charge in [0.2, 0.25) is 5.95 Å². The highest BCUT2D eigenvalue weighted by molar-refractivity contribution is 7.99. The number of hydrogen-bond donors (Lipinski definition) is 2. The Bertz CT molecular complexity index is 1520.